The third kappa shape index (κ3) is 7.65. The summed E-state index contributed by atoms with van der Waals surface area (Å²) in [6.07, 6.45) is -0.256. The number of azo groups is 1. The number of carbonyl (C=O) groups is 3. The van der Waals surface area contributed by atoms with Gasteiger partial charge in [-0.3, -0.25) is 19.7 Å². The van der Waals surface area contributed by atoms with Gasteiger partial charge in [0.05, 0.1) is 9.95 Å². The Morgan fingerprint density at radius 3 is 2.41 bits per heavy atom. The second-order valence-corrected chi connectivity index (χ2v) is 7.42. The number of halogens is 2. The molecule has 5 N–H and O–H groups in total. The van der Waals surface area contributed by atoms with Crippen LogP contribution in [-0.4, -0.2) is 45.6 Å². The summed E-state index contributed by atoms with van der Waals surface area (Å²) in [7, 11) is 0. The number of ether oxygens (including phenoxy) is 1. The van der Waals surface area contributed by atoms with Gasteiger partial charge in [0.1, 0.15) is 28.2 Å². The number of carboxylic acids is 2. The summed E-state index contributed by atoms with van der Waals surface area (Å²) in [6.45, 7) is -0.725. The molecule has 2 rings (SSSR count). The van der Waals surface area contributed by atoms with Gasteiger partial charge < -0.3 is 26.0 Å². The molecule has 1 amide bonds. The first-order valence-electron chi connectivity index (χ1n) is 9.30. The first-order valence-corrected chi connectivity index (χ1v) is 10.1. The lowest BCUT2D eigenvalue weighted by molar-refractivity contribution is -0.384. The third-order valence-corrected chi connectivity index (χ3v) is 4.68. The van der Waals surface area contributed by atoms with Gasteiger partial charge in [0.25, 0.3) is 5.69 Å². The highest BCUT2D eigenvalue weighted by Gasteiger charge is 2.17. The molecule has 0 saturated heterocycles. The SMILES string of the molecule is NC(CCC(=O)Nc1ccc(N=Nc2cc(Cl)c([N+](=O)[O-])cc2Cl)c(OCC(=O)O)c1)C(=O)O. The lowest BCUT2D eigenvalue weighted by Gasteiger charge is -2.11. The van der Waals surface area contributed by atoms with Crippen molar-refractivity contribution in [3.63, 3.8) is 0 Å². The molecule has 13 nitrogen and oxygen atoms in total. The quantitative estimate of drug-likeness (QED) is 0.194. The Hall–Kier alpha value is -3.81. The normalized spacial score (nSPS) is 11.7. The lowest BCUT2D eigenvalue weighted by atomic mass is 10.1. The van der Waals surface area contributed by atoms with Gasteiger partial charge in [0.2, 0.25) is 5.91 Å². The van der Waals surface area contributed by atoms with Gasteiger partial charge in [-0.1, -0.05) is 23.2 Å². The first kappa shape index (κ1) is 26.4. The summed E-state index contributed by atoms with van der Waals surface area (Å²) in [5.41, 5.74) is 5.22. The summed E-state index contributed by atoms with van der Waals surface area (Å²) in [6, 6.07) is 5.02. The summed E-state index contributed by atoms with van der Waals surface area (Å²) >= 11 is 11.8. The molecule has 15 heteroatoms. The molecule has 0 aliphatic heterocycles. The highest BCUT2D eigenvalue weighted by molar-refractivity contribution is 6.36. The van der Waals surface area contributed by atoms with Gasteiger partial charge in [0, 0.05) is 24.2 Å². The van der Waals surface area contributed by atoms with Crippen molar-refractivity contribution in [1.82, 2.24) is 0 Å². The highest BCUT2D eigenvalue weighted by atomic mass is 35.5. The van der Waals surface area contributed by atoms with Gasteiger partial charge in [-0.15, -0.1) is 10.2 Å². The zero-order chi connectivity index (χ0) is 25.4. The molecular formula is C19H17Cl2N5O8. The Bertz CT molecular complexity index is 1160. The van der Waals surface area contributed by atoms with Gasteiger partial charge in [0.15, 0.2) is 6.61 Å². The molecule has 1 atom stereocenters. The molecule has 2 aromatic rings. The fourth-order valence-corrected chi connectivity index (χ4v) is 2.84. The number of amides is 1. The van der Waals surface area contributed by atoms with E-state index in [0.29, 0.717) is 0 Å². The minimum absolute atomic E-state index is 0.00796. The van der Waals surface area contributed by atoms with Crippen LogP contribution in [0, 0.1) is 10.1 Å². The molecule has 0 spiro atoms. The van der Waals surface area contributed by atoms with Crippen LogP contribution in [0.1, 0.15) is 12.8 Å². The lowest BCUT2D eigenvalue weighted by Crippen LogP contribution is -2.31. The predicted molar refractivity (Wildman–Crippen MR) is 120 cm³/mol. The van der Waals surface area contributed by atoms with Gasteiger partial charge in [-0.05, 0) is 24.6 Å². The zero-order valence-electron chi connectivity index (χ0n) is 17.1. The van der Waals surface area contributed by atoms with Crippen LogP contribution in [-0.2, 0) is 14.4 Å². The topological polar surface area (TPSA) is 207 Å². The second kappa shape index (κ2) is 11.9. The molecule has 0 radical (unpaired) electrons. The van der Waals surface area contributed by atoms with E-state index < -0.39 is 41.1 Å². The van der Waals surface area contributed by atoms with E-state index in [1.165, 1.54) is 18.2 Å². The van der Waals surface area contributed by atoms with Crippen LogP contribution >= 0.6 is 23.2 Å². The molecular weight excluding hydrogens is 497 g/mol. The fraction of sp³-hybridized carbons (Fsp3) is 0.211. The molecule has 34 heavy (non-hydrogen) atoms. The number of hydrogen-bond donors (Lipinski definition) is 4. The molecule has 0 fully saturated rings. The van der Waals surface area contributed by atoms with Crippen molar-refractivity contribution < 1.29 is 34.3 Å². The average Bonchev–Trinajstić information content (AvgIpc) is 2.76. The maximum Gasteiger partial charge on any atom is 0.341 e. The molecule has 0 saturated carbocycles. The largest absolute Gasteiger partial charge is 0.480 e. The van der Waals surface area contributed by atoms with Gasteiger partial charge in [-0.25, -0.2) is 4.79 Å². The smallest absolute Gasteiger partial charge is 0.341 e. The molecule has 180 valence electrons. The molecule has 0 aromatic heterocycles. The van der Waals surface area contributed by atoms with Crippen molar-refractivity contribution in [1.29, 1.82) is 0 Å². The number of carbonyl (C=O) groups excluding carboxylic acids is 1. The van der Waals surface area contributed by atoms with E-state index >= 15 is 0 Å². The van der Waals surface area contributed by atoms with Crippen LogP contribution in [0.4, 0.5) is 22.7 Å². The van der Waals surface area contributed by atoms with Crippen molar-refractivity contribution in [3.8, 4) is 5.75 Å². The number of nitrogens with zero attached hydrogens (tertiary/aromatic N) is 3. The average molecular weight is 514 g/mol. The maximum atomic E-state index is 12.0. The van der Waals surface area contributed by atoms with E-state index in [-0.39, 0.29) is 45.7 Å². The number of benzene rings is 2. The number of carboxylic acid groups (broad SMARTS) is 2. The fourth-order valence-electron chi connectivity index (χ4n) is 2.41. The zero-order valence-corrected chi connectivity index (χ0v) is 18.6. The molecule has 0 heterocycles. The maximum absolute atomic E-state index is 12.0. The van der Waals surface area contributed by atoms with E-state index in [2.05, 4.69) is 15.5 Å². The van der Waals surface area contributed by atoms with Crippen LogP contribution in [0.5, 0.6) is 5.75 Å². The van der Waals surface area contributed by atoms with Crippen LogP contribution in [0.3, 0.4) is 0 Å². The predicted octanol–water partition coefficient (Wildman–Crippen LogP) is 3.91. The van der Waals surface area contributed by atoms with Crippen molar-refractivity contribution in [3.05, 3.63) is 50.5 Å². The van der Waals surface area contributed by atoms with E-state index in [1.54, 1.807) is 0 Å². The molecule has 0 aliphatic rings. The van der Waals surface area contributed by atoms with E-state index in [4.69, 9.17) is 43.9 Å². The minimum Gasteiger partial charge on any atom is -0.480 e. The molecule has 2 aromatic carbocycles. The molecule has 0 bridgehead atoms. The minimum atomic E-state index is -1.27. The van der Waals surface area contributed by atoms with Crippen molar-refractivity contribution in [2.24, 2.45) is 16.0 Å². The van der Waals surface area contributed by atoms with Crippen molar-refractivity contribution in [2.45, 2.75) is 18.9 Å². The van der Waals surface area contributed by atoms with E-state index in [0.717, 1.165) is 12.1 Å². The third-order valence-electron chi connectivity index (χ3n) is 4.07. The number of nitro groups is 1. The van der Waals surface area contributed by atoms with Gasteiger partial charge in [-0.2, -0.15) is 0 Å². The molecule has 0 aliphatic carbocycles. The molecule has 1 unspecified atom stereocenters. The summed E-state index contributed by atoms with van der Waals surface area (Å²) in [4.78, 5) is 43.9. The Morgan fingerprint density at radius 1 is 1.12 bits per heavy atom. The summed E-state index contributed by atoms with van der Waals surface area (Å²) in [5, 5.41) is 38.6. The number of nitrogens with two attached hydrogens (primary N) is 1. The van der Waals surface area contributed by atoms with Crippen molar-refractivity contribution >= 4 is 63.8 Å². The number of nitro benzene ring substituents is 1. The first-order chi connectivity index (χ1) is 16.0. The Balaban J connectivity index is 2.26. The number of rotatable bonds is 11. The Morgan fingerprint density at radius 2 is 1.79 bits per heavy atom. The number of aliphatic carboxylic acids is 2. The number of nitrogens with one attached hydrogen (secondary N) is 1. The Kier molecular flexibility index (Phi) is 9.24. The van der Waals surface area contributed by atoms with Crippen LogP contribution < -0.4 is 15.8 Å². The van der Waals surface area contributed by atoms with E-state index in [1.807, 2.05) is 0 Å². The van der Waals surface area contributed by atoms with Crippen molar-refractivity contribution in [2.75, 3.05) is 11.9 Å². The number of hydrogen-bond acceptors (Lipinski definition) is 9. The van der Waals surface area contributed by atoms with Crippen LogP contribution in [0.15, 0.2) is 40.6 Å². The van der Waals surface area contributed by atoms with E-state index in [9.17, 15) is 24.5 Å². The highest BCUT2D eigenvalue weighted by Crippen LogP contribution is 2.38. The van der Waals surface area contributed by atoms with Gasteiger partial charge >= 0.3 is 11.9 Å². The number of anilines is 1. The second-order valence-electron chi connectivity index (χ2n) is 6.61. The summed E-state index contributed by atoms with van der Waals surface area (Å²) in [5.74, 6) is -3.09. The monoisotopic (exact) mass is 513 g/mol. The standard InChI is InChI=1S/C19H17Cl2N5O8/c20-10-7-15(26(32)33)11(21)6-14(10)25-24-13-3-1-9(5-16(13)34-8-18(28)29)23-17(27)4-2-12(22)19(30)31/h1,3,5-7,12H,2,4,8,22H2,(H,23,27)(H,28,29)(H,30,31). The van der Waals surface area contributed by atoms with Crippen LogP contribution in [0.2, 0.25) is 10.0 Å². The summed E-state index contributed by atoms with van der Waals surface area (Å²) < 4.78 is 5.19. The van der Waals surface area contributed by atoms with Crippen LogP contribution in [0.25, 0.3) is 0 Å². The Labute approximate surface area is 201 Å².